The average Bonchev–Trinajstić information content (AvgIpc) is 3.13. The van der Waals surface area contributed by atoms with Crippen LogP contribution in [0, 0.1) is 0 Å². The first kappa shape index (κ1) is 21.6. The van der Waals surface area contributed by atoms with Crippen LogP contribution in [0.25, 0.3) is 6.20 Å². The zero-order chi connectivity index (χ0) is 19.5. The predicted octanol–water partition coefficient (Wildman–Crippen LogP) is 4.60. The number of rotatable bonds is 7. The molecule has 3 aromatic rings. The Labute approximate surface area is 171 Å². The summed E-state index contributed by atoms with van der Waals surface area (Å²) >= 11 is 10.4. The van der Waals surface area contributed by atoms with E-state index in [0.717, 1.165) is 11.1 Å². The van der Waals surface area contributed by atoms with Crippen molar-refractivity contribution in [2.75, 3.05) is 0 Å². The van der Waals surface area contributed by atoms with Gasteiger partial charge in [-0.3, -0.25) is 0 Å². The minimum Gasteiger partial charge on any atom is -0.691 e. The first-order chi connectivity index (χ1) is 13.0. The molecule has 0 saturated carbocycles. The lowest BCUT2D eigenvalue weighted by molar-refractivity contribution is -0.670. The Kier molecular flexibility index (Phi) is 8.98. The van der Waals surface area contributed by atoms with Crippen LogP contribution in [0.2, 0.25) is 0 Å². The molecule has 0 aliphatic rings. The first-order valence-corrected chi connectivity index (χ1v) is 12.0. The van der Waals surface area contributed by atoms with Crippen LogP contribution in [0.3, 0.4) is 0 Å². The lowest BCUT2D eigenvalue weighted by Gasteiger charge is -2.28. The summed E-state index contributed by atoms with van der Waals surface area (Å²) < 4.78 is 15.0. The maximum Gasteiger partial charge on any atom is 0.248 e. The monoisotopic (exact) mass is 418 g/mol. The normalized spacial score (nSPS) is 10.7. The second-order valence-electron chi connectivity index (χ2n) is 5.67. The molecular formula is C20H23N2O2PS2. The standard InChI is InChI=1S/C14H15O2PS2.C6H9N2/c18-17(19,15-11-13-7-3-1-4-8-13)16-12-14-9-5-2-6-10-14;1-3-8-5-4-7(2)6-8/h1-10H,11-12H2,(H,18,19);3-6H,1H2,2H3/q;+1/p-1. The van der Waals surface area contributed by atoms with Crippen LogP contribution in [0.4, 0.5) is 0 Å². The Morgan fingerprint density at radius 1 is 1.04 bits per heavy atom. The van der Waals surface area contributed by atoms with Crippen molar-refractivity contribution < 1.29 is 13.6 Å². The summed E-state index contributed by atoms with van der Waals surface area (Å²) in [6, 6.07) is 19.6. The van der Waals surface area contributed by atoms with Crippen molar-refractivity contribution in [1.29, 1.82) is 0 Å². The molecule has 0 bridgehead atoms. The number of aryl methyl sites for hydroxylation is 1. The van der Waals surface area contributed by atoms with Gasteiger partial charge in [-0.2, -0.15) is 0 Å². The molecule has 0 unspecified atom stereocenters. The molecule has 4 nitrogen and oxygen atoms in total. The second kappa shape index (κ2) is 11.2. The van der Waals surface area contributed by atoms with Crippen LogP contribution in [-0.2, 0) is 53.4 Å². The van der Waals surface area contributed by atoms with E-state index >= 15 is 0 Å². The van der Waals surface area contributed by atoms with E-state index in [1.165, 1.54) is 0 Å². The van der Waals surface area contributed by atoms with Crippen molar-refractivity contribution >= 4 is 35.9 Å². The topological polar surface area (TPSA) is 27.3 Å². The highest BCUT2D eigenvalue weighted by molar-refractivity contribution is 8.51. The molecule has 142 valence electrons. The third kappa shape index (κ3) is 8.69. The number of nitrogens with zero attached hydrogens (tertiary/aromatic N) is 2. The number of benzene rings is 2. The van der Waals surface area contributed by atoms with Gasteiger partial charge < -0.3 is 21.3 Å². The largest absolute Gasteiger partial charge is 0.691 e. The van der Waals surface area contributed by atoms with Crippen LogP contribution in [0.5, 0.6) is 0 Å². The average molecular weight is 419 g/mol. The van der Waals surface area contributed by atoms with Gasteiger partial charge in [0.1, 0.15) is 12.4 Å². The van der Waals surface area contributed by atoms with E-state index < -0.39 is 5.69 Å². The molecule has 2 aromatic carbocycles. The van der Waals surface area contributed by atoms with Crippen molar-refractivity contribution in [3.63, 3.8) is 0 Å². The lowest BCUT2D eigenvalue weighted by atomic mass is 10.2. The third-order valence-electron chi connectivity index (χ3n) is 3.46. The summed E-state index contributed by atoms with van der Waals surface area (Å²) in [5.74, 6) is 0. The van der Waals surface area contributed by atoms with Gasteiger partial charge >= 0.3 is 0 Å². The van der Waals surface area contributed by atoms with Crippen molar-refractivity contribution in [3.8, 4) is 0 Å². The molecule has 27 heavy (non-hydrogen) atoms. The van der Waals surface area contributed by atoms with Crippen molar-refractivity contribution in [3.05, 3.63) is 97.1 Å². The molecule has 1 heterocycles. The van der Waals surface area contributed by atoms with Crippen LogP contribution in [0.1, 0.15) is 11.1 Å². The molecule has 0 aliphatic heterocycles. The molecule has 3 rings (SSSR count). The summed E-state index contributed by atoms with van der Waals surface area (Å²) in [4.78, 5) is 0. The third-order valence-corrected chi connectivity index (χ3v) is 5.62. The molecule has 1 aromatic heterocycles. The summed E-state index contributed by atoms with van der Waals surface area (Å²) in [5.41, 5.74) is -0.514. The summed E-state index contributed by atoms with van der Waals surface area (Å²) in [6.45, 7) is 4.39. The van der Waals surface area contributed by atoms with Crippen LogP contribution < -0.4 is 4.57 Å². The molecule has 0 radical (unpaired) electrons. The van der Waals surface area contributed by atoms with Crippen molar-refractivity contribution in [2.24, 2.45) is 7.05 Å². The molecule has 7 heteroatoms. The van der Waals surface area contributed by atoms with Gasteiger partial charge in [0.05, 0.1) is 32.2 Å². The molecule has 0 amide bonds. The maximum atomic E-state index is 5.56. The van der Waals surface area contributed by atoms with Crippen molar-refractivity contribution in [1.82, 2.24) is 4.57 Å². The highest BCUT2D eigenvalue weighted by Gasteiger charge is 2.03. The zero-order valence-electron chi connectivity index (χ0n) is 15.2. The van der Waals surface area contributed by atoms with Crippen LogP contribution in [-0.4, -0.2) is 4.57 Å². The number of hydrogen-bond acceptors (Lipinski definition) is 4. The van der Waals surface area contributed by atoms with E-state index in [9.17, 15) is 0 Å². The molecule has 0 saturated heterocycles. The Balaban J connectivity index is 0.000000273. The molecule has 0 fully saturated rings. The predicted molar refractivity (Wildman–Crippen MR) is 116 cm³/mol. The van der Waals surface area contributed by atoms with Gasteiger partial charge in [-0.15, -0.1) is 0 Å². The fourth-order valence-electron chi connectivity index (χ4n) is 2.07. The minimum atomic E-state index is -2.61. The number of imidazole rings is 1. The SMILES string of the molecule is C=Cn1cc[n+](C)c1.S=P([S-])(OCc1ccccc1)OCc1ccccc1. The second-order valence-corrected chi connectivity index (χ2v) is 10.7. The van der Waals surface area contributed by atoms with E-state index in [0.29, 0.717) is 13.2 Å². The van der Waals surface area contributed by atoms with E-state index in [4.69, 9.17) is 33.1 Å². The molecule has 0 N–H and O–H groups in total. The van der Waals surface area contributed by atoms with E-state index in [2.05, 4.69) is 6.58 Å². The summed E-state index contributed by atoms with van der Waals surface area (Å²) in [7, 11) is 1.97. The molecule has 0 spiro atoms. The zero-order valence-corrected chi connectivity index (χ0v) is 17.7. The number of aromatic nitrogens is 2. The van der Waals surface area contributed by atoms with Gasteiger partial charge in [-0.05, 0) is 11.1 Å². The van der Waals surface area contributed by atoms with Crippen LogP contribution in [0.15, 0.2) is 86.0 Å². The highest BCUT2D eigenvalue weighted by atomic mass is 32.9. The van der Waals surface area contributed by atoms with E-state index in [1.807, 2.05) is 95.6 Å². The minimum absolute atomic E-state index is 0.399. The molecular weight excluding hydrogens is 395 g/mol. The Morgan fingerprint density at radius 3 is 1.85 bits per heavy atom. The molecule has 0 atom stereocenters. The van der Waals surface area contributed by atoms with E-state index in [-0.39, 0.29) is 0 Å². The maximum absolute atomic E-state index is 5.56. The number of hydrogen-bond donors (Lipinski definition) is 0. The fraction of sp³-hybridized carbons (Fsp3) is 0.150. The van der Waals surface area contributed by atoms with E-state index in [1.54, 1.807) is 6.20 Å². The van der Waals surface area contributed by atoms with Gasteiger partial charge in [0.25, 0.3) is 0 Å². The van der Waals surface area contributed by atoms with Gasteiger partial charge in [-0.25, -0.2) is 9.13 Å². The highest BCUT2D eigenvalue weighted by Crippen LogP contribution is 2.47. The van der Waals surface area contributed by atoms with Gasteiger partial charge in [0.15, 0.2) is 0 Å². The Hall–Kier alpha value is -1.69. The smallest absolute Gasteiger partial charge is 0.248 e. The Bertz CT molecular complexity index is 822. The van der Waals surface area contributed by atoms with Crippen molar-refractivity contribution in [2.45, 2.75) is 13.2 Å². The summed E-state index contributed by atoms with van der Waals surface area (Å²) in [5, 5.41) is 0. The molecule has 0 aliphatic carbocycles. The first-order valence-electron chi connectivity index (χ1n) is 8.32. The summed E-state index contributed by atoms with van der Waals surface area (Å²) in [6.07, 6.45) is 7.58. The van der Waals surface area contributed by atoms with Gasteiger partial charge in [0.2, 0.25) is 6.33 Å². The fourth-order valence-corrected chi connectivity index (χ4v) is 3.39. The van der Waals surface area contributed by atoms with Gasteiger partial charge in [0, 0.05) is 0 Å². The Morgan fingerprint density at radius 2 is 1.52 bits per heavy atom. The lowest BCUT2D eigenvalue weighted by Crippen LogP contribution is -2.23. The quantitative estimate of drug-likeness (QED) is 0.318. The van der Waals surface area contributed by atoms with Gasteiger partial charge in [-0.1, -0.05) is 79.0 Å². The van der Waals surface area contributed by atoms with Crippen LogP contribution >= 0.6 is 5.69 Å².